The van der Waals surface area contributed by atoms with E-state index in [1.165, 1.54) is 4.90 Å². The number of rotatable bonds is 5. The van der Waals surface area contributed by atoms with Gasteiger partial charge in [0.2, 0.25) is 0 Å². The standard InChI is InChI=1S/C21H33N5O4/c1-14-16(12-27)18(23-19(22-14)30-13-15-7-6-8-24(15)5)25-9-10-26(20(28)29)17(11-25)21(2,3)4/h12,15,17H,6-11,13H2,1-5H3,(H,28,29). The molecular formula is C21H33N5O4. The van der Waals surface area contributed by atoms with Crippen LogP contribution in [0, 0.1) is 12.3 Å². The summed E-state index contributed by atoms with van der Waals surface area (Å²) in [5, 5.41) is 9.61. The van der Waals surface area contributed by atoms with Crippen molar-refractivity contribution < 1.29 is 19.4 Å². The van der Waals surface area contributed by atoms with Gasteiger partial charge < -0.3 is 24.5 Å². The molecule has 2 aliphatic heterocycles. The first-order valence-corrected chi connectivity index (χ1v) is 10.5. The number of carbonyl (C=O) groups is 2. The van der Waals surface area contributed by atoms with Crippen molar-refractivity contribution in [3.63, 3.8) is 0 Å². The van der Waals surface area contributed by atoms with Gasteiger partial charge in [-0.3, -0.25) is 4.79 Å². The van der Waals surface area contributed by atoms with Crippen LogP contribution in [0.15, 0.2) is 0 Å². The normalized spacial score (nSPS) is 23.0. The van der Waals surface area contributed by atoms with E-state index in [0.29, 0.717) is 49.4 Å². The van der Waals surface area contributed by atoms with Crippen molar-refractivity contribution in [2.75, 3.05) is 44.7 Å². The van der Waals surface area contributed by atoms with Gasteiger partial charge in [0.1, 0.15) is 12.4 Å². The van der Waals surface area contributed by atoms with Gasteiger partial charge in [0.05, 0.1) is 17.3 Å². The first-order valence-electron chi connectivity index (χ1n) is 10.5. The number of aldehydes is 1. The summed E-state index contributed by atoms with van der Waals surface area (Å²) in [6.07, 6.45) is 2.09. The van der Waals surface area contributed by atoms with Crippen LogP contribution in [0.25, 0.3) is 0 Å². The van der Waals surface area contributed by atoms with Crippen LogP contribution in [0.1, 0.15) is 49.7 Å². The number of carbonyl (C=O) groups excluding carboxylic acids is 1. The quantitative estimate of drug-likeness (QED) is 0.726. The number of nitrogens with zero attached hydrogens (tertiary/aromatic N) is 5. The molecule has 0 spiro atoms. The van der Waals surface area contributed by atoms with Gasteiger partial charge >= 0.3 is 12.1 Å². The minimum atomic E-state index is -0.922. The Morgan fingerprint density at radius 1 is 1.27 bits per heavy atom. The molecule has 3 rings (SSSR count). The molecule has 2 unspecified atom stereocenters. The van der Waals surface area contributed by atoms with Crippen LogP contribution < -0.4 is 9.64 Å². The summed E-state index contributed by atoms with van der Waals surface area (Å²) in [7, 11) is 2.09. The third-order valence-corrected chi connectivity index (χ3v) is 6.22. The highest BCUT2D eigenvalue weighted by molar-refractivity contribution is 5.84. The highest BCUT2D eigenvalue weighted by Gasteiger charge is 2.39. The second-order valence-electron chi connectivity index (χ2n) is 9.34. The fourth-order valence-corrected chi connectivity index (χ4v) is 4.29. The zero-order valence-corrected chi connectivity index (χ0v) is 18.6. The maximum absolute atomic E-state index is 11.8. The zero-order chi connectivity index (χ0) is 22.1. The van der Waals surface area contributed by atoms with Crippen molar-refractivity contribution in [1.29, 1.82) is 0 Å². The van der Waals surface area contributed by atoms with Gasteiger partial charge in [0, 0.05) is 25.7 Å². The Bertz CT molecular complexity index is 794. The topological polar surface area (TPSA) is 99.1 Å². The number of aromatic nitrogens is 2. The third-order valence-electron chi connectivity index (χ3n) is 6.22. The van der Waals surface area contributed by atoms with E-state index in [-0.39, 0.29) is 17.5 Å². The Labute approximate surface area is 178 Å². The Kier molecular flexibility index (Phi) is 6.50. The predicted octanol–water partition coefficient (Wildman–Crippen LogP) is 2.29. The monoisotopic (exact) mass is 419 g/mol. The molecule has 9 nitrogen and oxygen atoms in total. The molecule has 0 saturated carbocycles. The number of hydrogen-bond acceptors (Lipinski definition) is 7. The Morgan fingerprint density at radius 3 is 2.57 bits per heavy atom. The molecular weight excluding hydrogens is 386 g/mol. The lowest BCUT2D eigenvalue weighted by Gasteiger charge is -2.46. The summed E-state index contributed by atoms with van der Waals surface area (Å²) in [5.74, 6) is 0.520. The third kappa shape index (κ3) is 4.66. The van der Waals surface area contributed by atoms with E-state index >= 15 is 0 Å². The van der Waals surface area contributed by atoms with E-state index in [4.69, 9.17) is 4.74 Å². The second-order valence-corrected chi connectivity index (χ2v) is 9.34. The number of aryl methyl sites for hydroxylation is 1. The molecule has 2 saturated heterocycles. The number of likely N-dealkylation sites (tertiary alicyclic amines) is 1. The average Bonchev–Trinajstić information content (AvgIpc) is 3.09. The molecule has 1 aromatic heterocycles. The van der Waals surface area contributed by atoms with Crippen LogP contribution >= 0.6 is 0 Å². The van der Waals surface area contributed by atoms with Crippen LogP contribution in [0.3, 0.4) is 0 Å². The molecule has 0 aliphatic carbocycles. The van der Waals surface area contributed by atoms with Gasteiger partial charge in [-0.2, -0.15) is 9.97 Å². The van der Waals surface area contributed by atoms with Gasteiger partial charge in [-0.15, -0.1) is 0 Å². The van der Waals surface area contributed by atoms with E-state index in [2.05, 4.69) is 21.9 Å². The maximum Gasteiger partial charge on any atom is 0.407 e. The van der Waals surface area contributed by atoms with E-state index in [1.54, 1.807) is 6.92 Å². The van der Waals surface area contributed by atoms with E-state index < -0.39 is 6.09 Å². The lowest BCUT2D eigenvalue weighted by Crippen LogP contribution is -2.59. The van der Waals surface area contributed by atoms with Crippen LogP contribution in [0.4, 0.5) is 10.6 Å². The number of amides is 1. The largest absolute Gasteiger partial charge is 0.465 e. The second kappa shape index (κ2) is 8.75. The molecule has 0 aromatic carbocycles. The summed E-state index contributed by atoms with van der Waals surface area (Å²) in [5.41, 5.74) is 0.738. The van der Waals surface area contributed by atoms with Crippen molar-refractivity contribution in [2.24, 2.45) is 5.41 Å². The number of piperazine rings is 1. The van der Waals surface area contributed by atoms with Crippen molar-refractivity contribution in [2.45, 2.75) is 52.6 Å². The summed E-state index contributed by atoms with van der Waals surface area (Å²) < 4.78 is 5.91. The smallest absolute Gasteiger partial charge is 0.407 e. The minimum absolute atomic E-state index is 0.227. The van der Waals surface area contributed by atoms with E-state index in [0.717, 1.165) is 25.7 Å². The Morgan fingerprint density at radius 2 is 2.00 bits per heavy atom. The van der Waals surface area contributed by atoms with Gasteiger partial charge in [-0.1, -0.05) is 20.8 Å². The lowest BCUT2D eigenvalue weighted by atomic mass is 9.84. The maximum atomic E-state index is 11.8. The van der Waals surface area contributed by atoms with Crippen molar-refractivity contribution >= 4 is 18.2 Å². The van der Waals surface area contributed by atoms with Crippen LogP contribution in [-0.2, 0) is 0 Å². The van der Waals surface area contributed by atoms with Gasteiger partial charge in [0.25, 0.3) is 0 Å². The summed E-state index contributed by atoms with van der Waals surface area (Å²) >= 11 is 0. The van der Waals surface area contributed by atoms with E-state index in [9.17, 15) is 14.7 Å². The van der Waals surface area contributed by atoms with Gasteiger partial charge in [-0.25, -0.2) is 4.79 Å². The molecule has 0 bridgehead atoms. The summed E-state index contributed by atoms with van der Waals surface area (Å²) in [4.78, 5) is 38.2. The van der Waals surface area contributed by atoms with Gasteiger partial charge in [0.15, 0.2) is 6.29 Å². The number of likely N-dealkylation sites (N-methyl/N-ethyl adjacent to an activating group) is 1. The lowest BCUT2D eigenvalue weighted by molar-refractivity contribution is 0.0745. The first-order chi connectivity index (χ1) is 14.1. The first kappa shape index (κ1) is 22.3. The Hall–Kier alpha value is -2.42. The van der Waals surface area contributed by atoms with Crippen LogP contribution in [0.5, 0.6) is 6.01 Å². The molecule has 2 aliphatic rings. The summed E-state index contributed by atoms with van der Waals surface area (Å²) in [6, 6.07) is 0.379. The fraction of sp³-hybridized carbons (Fsp3) is 0.714. The number of carboxylic acid groups (broad SMARTS) is 1. The molecule has 1 aromatic rings. The SMILES string of the molecule is Cc1nc(OCC2CCCN2C)nc(N2CCN(C(=O)O)C(C(C)(C)C)C2)c1C=O. The van der Waals surface area contributed by atoms with E-state index in [1.807, 2.05) is 25.7 Å². The minimum Gasteiger partial charge on any atom is -0.465 e. The molecule has 166 valence electrons. The van der Waals surface area contributed by atoms with Crippen molar-refractivity contribution in [3.8, 4) is 6.01 Å². The molecule has 1 N–H and O–H groups in total. The molecule has 2 atom stereocenters. The molecule has 3 heterocycles. The number of ether oxygens (including phenoxy) is 1. The molecule has 30 heavy (non-hydrogen) atoms. The highest BCUT2D eigenvalue weighted by Crippen LogP contribution is 2.31. The zero-order valence-electron chi connectivity index (χ0n) is 18.6. The average molecular weight is 420 g/mol. The fourth-order valence-electron chi connectivity index (χ4n) is 4.29. The molecule has 1 amide bonds. The van der Waals surface area contributed by atoms with Gasteiger partial charge in [-0.05, 0) is 38.8 Å². The highest BCUT2D eigenvalue weighted by atomic mass is 16.5. The van der Waals surface area contributed by atoms with Crippen molar-refractivity contribution in [1.82, 2.24) is 19.8 Å². The van der Waals surface area contributed by atoms with Crippen LogP contribution in [0.2, 0.25) is 0 Å². The summed E-state index contributed by atoms with van der Waals surface area (Å²) in [6.45, 7) is 10.7. The van der Waals surface area contributed by atoms with Crippen molar-refractivity contribution in [3.05, 3.63) is 11.3 Å². The molecule has 0 radical (unpaired) electrons. The number of hydrogen-bond donors (Lipinski definition) is 1. The van der Waals surface area contributed by atoms with Crippen LogP contribution in [-0.4, -0.2) is 89.2 Å². The number of anilines is 1. The predicted molar refractivity (Wildman–Crippen MR) is 113 cm³/mol. The Balaban J connectivity index is 1.85. The molecule has 9 heteroatoms. The molecule has 2 fully saturated rings.